The average molecular weight is 224 g/mol. The molecule has 78 valence electrons. The second kappa shape index (κ2) is 3.16. The van der Waals surface area contributed by atoms with E-state index in [0.29, 0.717) is 5.52 Å². The SMILES string of the molecule is CS(=O)(=O)c1ccc2[nH]cnc(=O)c2c1. The molecule has 0 saturated carbocycles. The zero-order valence-corrected chi connectivity index (χ0v) is 8.71. The van der Waals surface area contributed by atoms with Crippen LogP contribution in [-0.2, 0) is 9.84 Å². The molecule has 0 unspecified atom stereocenters. The summed E-state index contributed by atoms with van der Waals surface area (Å²) in [5.41, 5.74) is 0.136. The number of aromatic nitrogens is 2. The molecule has 2 rings (SSSR count). The third-order valence-electron chi connectivity index (χ3n) is 2.05. The van der Waals surface area contributed by atoms with Gasteiger partial charge in [-0.1, -0.05) is 0 Å². The lowest BCUT2D eigenvalue weighted by molar-refractivity contribution is 0.602. The summed E-state index contributed by atoms with van der Waals surface area (Å²) in [7, 11) is -3.29. The minimum atomic E-state index is -3.29. The first-order chi connectivity index (χ1) is 6.98. The molecule has 0 aliphatic carbocycles. The van der Waals surface area contributed by atoms with E-state index in [-0.39, 0.29) is 10.3 Å². The fourth-order valence-electron chi connectivity index (χ4n) is 1.29. The van der Waals surface area contributed by atoms with Gasteiger partial charge in [0.15, 0.2) is 9.84 Å². The second-order valence-corrected chi connectivity index (χ2v) is 5.20. The minimum Gasteiger partial charge on any atom is -0.346 e. The predicted molar refractivity (Wildman–Crippen MR) is 55.5 cm³/mol. The standard InChI is InChI=1S/C9H8N2O3S/c1-15(13,14)6-2-3-8-7(4-6)9(12)11-5-10-8/h2-5H,1H3,(H,10,11,12). The van der Waals surface area contributed by atoms with Gasteiger partial charge in [0.1, 0.15) is 0 Å². The van der Waals surface area contributed by atoms with E-state index in [4.69, 9.17) is 0 Å². The van der Waals surface area contributed by atoms with Crippen LogP contribution in [0.25, 0.3) is 10.9 Å². The summed E-state index contributed by atoms with van der Waals surface area (Å²) >= 11 is 0. The van der Waals surface area contributed by atoms with Gasteiger partial charge in [-0.2, -0.15) is 4.98 Å². The first-order valence-corrected chi connectivity index (χ1v) is 6.05. The topological polar surface area (TPSA) is 79.9 Å². The molecule has 0 aliphatic rings. The van der Waals surface area contributed by atoms with Crippen molar-refractivity contribution < 1.29 is 8.42 Å². The number of sulfone groups is 1. The summed E-state index contributed by atoms with van der Waals surface area (Å²) in [4.78, 5) is 17.7. The molecule has 1 N–H and O–H groups in total. The number of benzene rings is 1. The first kappa shape index (κ1) is 9.85. The number of H-pyrrole nitrogens is 1. The highest BCUT2D eigenvalue weighted by molar-refractivity contribution is 7.90. The van der Waals surface area contributed by atoms with Crippen LogP contribution in [0.5, 0.6) is 0 Å². The van der Waals surface area contributed by atoms with Crippen LogP contribution in [0.4, 0.5) is 0 Å². The summed E-state index contributed by atoms with van der Waals surface area (Å²) in [5, 5.41) is 0.278. The van der Waals surface area contributed by atoms with E-state index >= 15 is 0 Å². The summed E-state index contributed by atoms with van der Waals surface area (Å²) in [5.74, 6) is 0. The maximum Gasteiger partial charge on any atom is 0.280 e. The van der Waals surface area contributed by atoms with Crippen molar-refractivity contribution in [3.8, 4) is 0 Å². The first-order valence-electron chi connectivity index (χ1n) is 4.16. The highest BCUT2D eigenvalue weighted by atomic mass is 32.2. The van der Waals surface area contributed by atoms with E-state index in [1.54, 1.807) is 6.07 Å². The second-order valence-electron chi connectivity index (χ2n) is 3.19. The van der Waals surface area contributed by atoms with Crippen molar-refractivity contribution in [2.45, 2.75) is 4.90 Å². The molecule has 1 heterocycles. The van der Waals surface area contributed by atoms with Gasteiger partial charge >= 0.3 is 0 Å². The molecule has 0 radical (unpaired) electrons. The molecular weight excluding hydrogens is 216 g/mol. The van der Waals surface area contributed by atoms with Crippen LogP contribution in [0.3, 0.4) is 0 Å². The molecule has 0 fully saturated rings. The fraction of sp³-hybridized carbons (Fsp3) is 0.111. The van der Waals surface area contributed by atoms with Gasteiger partial charge < -0.3 is 4.98 Å². The van der Waals surface area contributed by atoms with Crippen LogP contribution in [0.2, 0.25) is 0 Å². The van der Waals surface area contributed by atoms with Gasteiger partial charge in [-0.25, -0.2) is 8.42 Å². The lowest BCUT2D eigenvalue weighted by Crippen LogP contribution is -2.07. The molecule has 1 aromatic carbocycles. The van der Waals surface area contributed by atoms with E-state index in [1.165, 1.54) is 18.5 Å². The number of fused-ring (bicyclic) bond motifs is 1. The van der Waals surface area contributed by atoms with Crippen molar-refractivity contribution >= 4 is 20.7 Å². The Morgan fingerprint density at radius 2 is 2.07 bits per heavy atom. The Balaban J connectivity index is 2.88. The summed E-state index contributed by atoms with van der Waals surface area (Å²) < 4.78 is 22.5. The van der Waals surface area contributed by atoms with E-state index in [0.717, 1.165) is 6.26 Å². The van der Waals surface area contributed by atoms with Crippen LogP contribution in [0.1, 0.15) is 0 Å². The van der Waals surface area contributed by atoms with Crippen LogP contribution < -0.4 is 5.56 Å². The van der Waals surface area contributed by atoms with Crippen molar-refractivity contribution in [1.29, 1.82) is 0 Å². The Hall–Kier alpha value is -1.69. The number of rotatable bonds is 1. The van der Waals surface area contributed by atoms with Crippen molar-refractivity contribution in [2.24, 2.45) is 0 Å². The van der Waals surface area contributed by atoms with E-state index < -0.39 is 15.4 Å². The molecule has 15 heavy (non-hydrogen) atoms. The lowest BCUT2D eigenvalue weighted by atomic mass is 10.2. The molecule has 2 aromatic rings. The highest BCUT2D eigenvalue weighted by Gasteiger charge is 2.08. The number of hydrogen-bond acceptors (Lipinski definition) is 4. The van der Waals surface area contributed by atoms with Gasteiger partial charge in [0, 0.05) is 6.26 Å². The number of aromatic amines is 1. The zero-order valence-electron chi connectivity index (χ0n) is 7.89. The third-order valence-corrected chi connectivity index (χ3v) is 3.16. The monoisotopic (exact) mass is 224 g/mol. The van der Waals surface area contributed by atoms with Gasteiger partial charge in [0.2, 0.25) is 0 Å². The van der Waals surface area contributed by atoms with E-state index in [1.807, 2.05) is 0 Å². The minimum absolute atomic E-state index is 0.119. The summed E-state index contributed by atoms with van der Waals surface area (Å²) in [6.45, 7) is 0. The van der Waals surface area contributed by atoms with Gasteiger partial charge in [0.05, 0.1) is 22.1 Å². The van der Waals surface area contributed by atoms with Crippen molar-refractivity contribution in [3.05, 3.63) is 34.9 Å². The maximum atomic E-state index is 11.3. The van der Waals surface area contributed by atoms with Gasteiger partial charge in [0.25, 0.3) is 5.56 Å². The largest absolute Gasteiger partial charge is 0.346 e. The molecule has 0 atom stereocenters. The molecule has 0 saturated heterocycles. The van der Waals surface area contributed by atoms with Gasteiger partial charge in [-0.3, -0.25) is 4.79 Å². The zero-order chi connectivity index (χ0) is 11.1. The van der Waals surface area contributed by atoms with E-state index in [2.05, 4.69) is 9.97 Å². The number of nitrogens with zero attached hydrogens (tertiary/aromatic N) is 1. The number of hydrogen-bond donors (Lipinski definition) is 1. The third kappa shape index (κ3) is 1.75. The molecule has 5 nitrogen and oxygen atoms in total. The van der Waals surface area contributed by atoms with Gasteiger partial charge in [-0.15, -0.1) is 0 Å². The molecule has 0 spiro atoms. The van der Waals surface area contributed by atoms with Crippen molar-refractivity contribution in [2.75, 3.05) is 6.26 Å². The highest BCUT2D eigenvalue weighted by Crippen LogP contribution is 2.13. The summed E-state index contributed by atoms with van der Waals surface area (Å²) in [6, 6.07) is 4.33. The quantitative estimate of drug-likeness (QED) is 0.756. The normalized spacial score (nSPS) is 11.8. The van der Waals surface area contributed by atoms with Gasteiger partial charge in [-0.05, 0) is 18.2 Å². The van der Waals surface area contributed by atoms with E-state index in [9.17, 15) is 13.2 Å². The Bertz CT molecular complexity index is 673. The smallest absolute Gasteiger partial charge is 0.280 e. The van der Waals surface area contributed by atoms with Crippen LogP contribution >= 0.6 is 0 Å². The Kier molecular flexibility index (Phi) is 2.08. The maximum absolute atomic E-state index is 11.3. The Morgan fingerprint density at radius 1 is 1.33 bits per heavy atom. The number of nitrogens with one attached hydrogen (secondary N) is 1. The van der Waals surface area contributed by atoms with Crippen LogP contribution in [0, 0.1) is 0 Å². The fourth-order valence-corrected chi connectivity index (χ4v) is 1.93. The van der Waals surface area contributed by atoms with Crippen LogP contribution in [-0.4, -0.2) is 24.6 Å². The predicted octanol–water partition coefficient (Wildman–Crippen LogP) is 0.327. The van der Waals surface area contributed by atoms with Crippen LogP contribution in [0.15, 0.2) is 34.2 Å². The average Bonchev–Trinajstić information content (AvgIpc) is 2.16. The molecule has 6 heteroatoms. The lowest BCUT2D eigenvalue weighted by Gasteiger charge is -1.99. The molecular formula is C9H8N2O3S. The van der Waals surface area contributed by atoms with Crippen molar-refractivity contribution in [3.63, 3.8) is 0 Å². The molecule has 0 aliphatic heterocycles. The summed E-state index contributed by atoms with van der Waals surface area (Å²) in [6.07, 6.45) is 2.38. The molecule has 0 bridgehead atoms. The Morgan fingerprint density at radius 3 is 2.73 bits per heavy atom. The Labute approximate surface area is 85.7 Å². The molecule has 0 amide bonds. The van der Waals surface area contributed by atoms with Crippen molar-refractivity contribution in [1.82, 2.24) is 9.97 Å². The molecule has 1 aromatic heterocycles.